The molecule has 1 amide bonds. The molecule has 0 aliphatic heterocycles. The Hall–Kier alpha value is -2.68. The molecule has 0 spiro atoms. The fraction of sp³-hybridized carbons (Fsp3) is 0.385. The van der Waals surface area contributed by atoms with Gasteiger partial charge in [0.15, 0.2) is 0 Å². The van der Waals surface area contributed by atoms with Gasteiger partial charge in [0.1, 0.15) is 11.8 Å². The first-order valence-corrected chi connectivity index (χ1v) is 6.31. The lowest BCUT2D eigenvalue weighted by Crippen LogP contribution is -2.40. The molecule has 22 heavy (non-hydrogen) atoms. The van der Waals surface area contributed by atoms with E-state index in [-0.39, 0.29) is 23.7 Å². The fourth-order valence-electron chi connectivity index (χ4n) is 1.64. The smallest absolute Gasteiger partial charge is 0.320 e. The zero-order valence-electron chi connectivity index (χ0n) is 12.4. The molecule has 0 aliphatic rings. The first kappa shape index (κ1) is 17.4. The molecule has 0 bridgehead atoms. The highest BCUT2D eigenvalue weighted by Crippen LogP contribution is 2.28. The minimum Gasteiger partial charge on any atom is -0.494 e. The first-order chi connectivity index (χ1) is 10.3. The third kappa shape index (κ3) is 4.42. The number of likely N-dealkylation sites (N-methyl/N-ethyl adjacent to an activating group) is 1. The average Bonchev–Trinajstić information content (AvgIpc) is 2.46. The van der Waals surface area contributed by atoms with Crippen LogP contribution < -0.4 is 10.1 Å². The summed E-state index contributed by atoms with van der Waals surface area (Å²) in [6.07, 6.45) is 0. The van der Waals surface area contributed by atoms with E-state index in [1.54, 1.807) is 0 Å². The number of ether oxygens (including phenoxy) is 1. The van der Waals surface area contributed by atoms with Crippen LogP contribution in [0.3, 0.4) is 0 Å². The van der Waals surface area contributed by atoms with Gasteiger partial charge in [0.05, 0.1) is 30.3 Å². The summed E-state index contributed by atoms with van der Waals surface area (Å²) in [5.41, 5.74) is 0.112. The second-order valence-corrected chi connectivity index (χ2v) is 4.62. The summed E-state index contributed by atoms with van der Waals surface area (Å²) in [5, 5.41) is 22.1. The molecule has 9 heteroatoms. The van der Waals surface area contributed by atoms with Crippen molar-refractivity contribution in [1.29, 1.82) is 0 Å². The Morgan fingerprint density at radius 2 is 2.14 bits per heavy atom. The van der Waals surface area contributed by atoms with Crippen molar-refractivity contribution in [2.45, 2.75) is 13.0 Å². The molecule has 9 nitrogen and oxygen atoms in total. The van der Waals surface area contributed by atoms with Gasteiger partial charge in [-0.2, -0.15) is 0 Å². The minimum atomic E-state index is -1.04. The molecule has 0 saturated carbocycles. The number of methoxy groups -OCH3 is 1. The van der Waals surface area contributed by atoms with E-state index < -0.39 is 22.8 Å². The van der Waals surface area contributed by atoms with Gasteiger partial charge in [-0.05, 0) is 20.0 Å². The summed E-state index contributed by atoms with van der Waals surface area (Å²) in [6, 6.07) is 2.97. The number of amides is 1. The molecule has 0 aliphatic carbocycles. The lowest BCUT2D eigenvalue weighted by atomic mass is 10.2. The van der Waals surface area contributed by atoms with Crippen molar-refractivity contribution in [3.8, 4) is 5.75 Å². The fourth-order valence-corrected chi connectivity index (χ4v) is 1.64. The maximum absolute atomic E-state index is 11.9. The molecule has 1 aromatic rings. The molecular formula is C13H17N3O6. The van der Waals surface area contributed by atoms with Crippen LogP contribution in [0.4, 0.5) is 11.4 Å². The van der Waals surface area contributed by atoms with E-state index in [1.165, 1.54) is 44.2 Å². The van der Waals surface area contributed by atoms with Crippen LogP contribution in [-0.2, 0) is 9.59 Å². The molecule has 0 radical (unpaired) electrons. The highest BCUT2D eigenvalue weighted by Gasteiger charge is 2.20. The van der Waals surface area contributed by atoms with Gasteiger partial charge >= 0.3 is 5.97 Å². The zero-order chi connectivity index (χ0) is 16.9. The molecule has 1 rings (SSSR count). The highest BCUT2D eigenvalue weighted by atomic mass is 16.6. The van der Waals surface area contributed by atoms with E-state index in [2.05, 4.69) is 5.32 Å². The number of nitro groups is 1. The van der Waals surface area contributed by atoms with Crippen LogP contribution in [0.2, 0.25) is 0 Å². The summed E-state index contributed by atoms with van der Waals surface area (Å²) >= 11 is 0. The Labute approximate surface area is 126 Å². The largest absolute Gasteiger partial charge is 0.494 e. The Kier molecular flexibility index (Phi) is 5.81. The van der Waals surface area contributed by atoms with Crippen molar-refractivity contribution in [2.75, 3.05) is 26.0 Å². The third-order valence-corrected chi connectivity index (χ3v) is 3.08. The van der Waals surface area contributed by atoms with Gasteiger partial charge in [0.25, 0.3) is 5.69 Å². The number of carboxylic acids is 1. The van der Waals surface area contributed by atoms with Crippen LogP contribution in [0.1, 0.15) is 6.92 Å². The van der Waals surface area contributed by atoms with Gasteiger partial charge in [-0.3, -0.25) is 24.6 Å². The van der Waals surface area contributed by atoms with E-state index in [9.17, 15) is 19.7 Å². The third-order valence-electron chi connectivity index (χ3n) is 3.08. The van der Waals surface area contributed by atoms with E-state index >= 15 is 0 Å². The second kappa shape index (κ2) is 7.36. The molecule has 1 unspecified atom stereocenters. The monoisotopic (exact) mass is 311 g/mol. The number of nitrogens with zero attached hydrogens (tertiary/aromatic N) is 2. The number of non-ortho nitro benzene ring substituents is 1. The quantitative estimate of drug-likeness (QED) is 0.567. The second-order valence-electron chi connectivity index (χ2n) is 4.62. The predicted octanol–water partition coefficient (Wildman–Crippen LogP) is 0.947. The lowest BCUT2D eigenvalue weighted by molar-refractivity contribution is -0.384. The van der Waals surface area contributed by atoms with Crippen molar-refractivity contribution in [3.05, 3.63) is 28.3 Å². The number of nitrogens with one attached hydrogen (secondary N) is 1. The maximum Gasteiger partial charge on any atom is 0.320 e. The molecule has 2 N–H and O–H groups in total. The number of aliphatic carboxylic acids is 1. The van der Waals surface area contributed by atoms with Crippen LogP contribution in [0.5, 0.6) is 5.75 Å². The summed E-state index contributed by atoms with van der Waals surface area (Å²) in [5.74, 6) is -1.34. The van der Waals surface area contributed by atoms with Crippen LogP contribution in [0.15, 0.2) is 18.2 Å². The number of carboxylic acid groups (broad SMARTS) is 1. The zero-order valence-corrected chi connectivity index (χ0v) is 12.4. The Morgan fingerprint density at radius 1 is 1.50 bits per heavy atom. The minimum absolute atomic E-state index is 0.145. The molecule has 1 atom stereocenters. The van der Waals surface area contributed by atoms with Crippen LogP contribution in [0, 0.1) is 10.1 Å². The summed E-state index contributed by atoms with van der Waals surface area (Å²) < 4.78 is 5.00. The van der Waals surface area contributed by atoms with Crippen LogP contribution >= 0.6 is 0 Å². The number of anilines is 1. The summed E-state index contributed by atoms with van der Waals surface area (Å²) in [4.78, 5) is 34.2. The normalized spacial score (nSPS) is 11.8. The first-order valence-electron chi connectivity index (χ1n) is 6.31. The van der Waals surface area contributed by atoms with Crippen molar-refractivity contribution in [2.24, 2.45) is 0 Å². The number of carbonyl (C=O) groups excluding carboxylic acids is 1. The number of rotatable bonds is 7. The predicted molar refractivity (Wildman–Crippen MR) is 78.0 cm³/mol. The van der Waals surface area contributed by atoms with Crippen molar-refractivity contribution < 1.29 is 24.4 Å². The van der Waals surface area contributed by atoms with E-state index in [1.807, 2.05) is 0 Å². The number of hydrogen-bond acceptors (Lipinski definition) is 6. The number of hydrogen-bond donors (Lipinski definition) is 2. The Balaban J connectivity index is 2.80. The lowest BCUT2D eigenvalue weighted by Gasteiger charge is -2.20. The number of benzene rings is 1. The van der Waals surface area contributed by atoms with Crippen molar-refractivity contribution in [3.63, 3.8) is 0 Å². The standard InChI is InChI=1S/C13H17N3O6/c1-8(13(18)19)15(2)7-12(17)14-10-5-4-9(16(20)21)6-11(10)22-3/h4-6,8H,7H2,1-3H3,(H,14,17)(H,18,19). The van der Waals surface area contributed by atoms with Crippen molar-refractivity contribution >= 4 is 23.3 Å². The summed E-state index contributed by atoms with van der Waals surface area (Å²) in [6.45, 7) is 1.32. The number of carbonyl (C=O) groups is 2. The molecule has 120 valence electrons. The van der Waals surface area contributed by atoms with E-state index in [0.717, 1.165) is 0 Å². The average molecular weight is 311 g/mol. The van der Waals surface area contributed by atoms with Crippen molar-refractivity contribution in [1.82, 2.24) is 4.90 Å². The molecular weight excluding hydrogens is 294 g/mol. The van der Waals surface area contributed by atoms with Crippen LogP contribution in [-0.4, -0.2) is 53.6 Å². The van der Waals surface area contributed by atoms with E-state index in [4.69, 9.17) is 9.84 Å². The van der Waals surface area contributed by atoms with Gasteiger partial charge < -0.3 is 15.2 Å². The topological polar surface area (TPSA) is 122 Å². The SMILES string of the molecule is COc1cc([N+](=O)[O-])ccc1NC(=O)CN(C)C(C)C(=O)O. The molecule has 1 aromatic carbocycles. The molecule has 0 aromatic heterocycles. The number of nitro benzene ring substituents is 1. The van der Waals surface area contributed by atoms with Gasteiger partial charge in [-0.1, -0.05) is 0 Å². The Bertz CT molecular complexity index is 589. The highest BCUT2D eigenvalue weighted by molar-refractivity contribution is 5.94. The van der Waals surface area contributed by atoms with E-state index in [0.29, 0.717) is 0 Å². The van der Waals surface area contributed by atoms with Gasteiger partial charge in [0.2, 0.25) is 5.91 Å². The van der Waals surface area contributed by atoms with Gasteiger partial charge in [0, 0.05) is 6.07 Å². The summed E-state index contributed by atoms with van der Waals surface area (Å²) in [7, 11) is 2.83. The molecule has 0 fully saturated rings. The van der Waals surface area contributed by atoms with Gasteiger partial charge in [-0.25, -0.2) is 0 Å². The molecule has 0 saturated heterocycles. The Morgan fingerprint density at radius 3 is 2.64 bits per heavy atom. The van der Waals surface area contributed by atoms with Crippen LogP contribution in [0.25, 0.3) is 0 Å². The molecule has 0 heterocycles. The maximum atomic E-state index is 11.9. The van der Waals surface area contributed by atoms with Gasteiger partial charge in [-0.15, -0.1) is 0 Å².